The van der Waals surface area contributed by atoms with Crippen LogP contribution in [0.1, 0.15) is 25.6 Å². The maximum atomic E-state index is 13.3. The largest absolute Gasteiger partial charge is 0.383 e. The van der Waals surface area contributed by atoms with Crippen molar-refractivity contribution in [3.05, 3.63) is 41.2 Å². The van der Waals surface area contributed by atoms with E-state index in [2.05, 4.69) is 31.8 Å². The van der Waals surface area contributed by atoms with E-state index in [0.29, 0.717) is 11.5 Å². The topological polar surface area (TPSA) is 43.3 Å². The van der Waals surface area contributed by atoms with Crippen molar-refractivity contribution in [2.75, 3.05) is 5.73 Å². The number of nitrogens with two attached hydrogens (primary N) is 1. The Morgan fingerprint density at radius 1 is 1.20 bits per heavy atom. The summed E-state index contributed by atoms with van der Waals surface area (Å²) < 4.78 is 14.9. The van der Waals surface area contributed by atoms with Gasteiger partial charge in [0.15, 0.2) is 0 Å². The van der Waals surface area contributed by atoms with E-state index in [4.69, 9.17) is 5.73 Å². The Morgan fingerprint density at radius 3 is 2.60 bits per heavy atom. The Hall–Kier alpha value is -1.88. The molecule has 0 aromatic carbocycles. The molecule has 3 aromatic rings. The van der Waals surface area contributed by atoms with Crippen LogP contribution in [0.4, 0.5) is 10.2 Å². The smallest absolute Gasteiger partial charge is 0.140 e. The molecule has 0 aliphatic heterocycles. The Balaban J connectivity index is 2.15. The summed E-state index contributed by atoms with van der Waals surface area (Å²) in [6, 6.07) is 7.15. The molecule has 3 rings (SSSR count). The lowest BCUT2D eigenvalue weighted by molar-refractivity contribution is 0.604. The summed E-state index contributed by atoms with van der Waals surface area (Å²) in [5.41, 5.74) is 7.57. The number of hydrogen-bond donors (Lipinski definition) is 1. The number of pyridine rings is 1. The highest BCUT2D eigenvalue weighted by molar-refractivity contribution is 7.15. The second-order valence-electron chi connectivity index (χ2n) is 5.84. The highest BCUT2D eigenvalue weighted by Gasteiger charge is 2.19. The highest BCUT2D eigenvalue weighted by Crippen LogP contribution is 2.37. The summed E-state index contributed by atoms with van der Waals surface area (Å²) in [5, 5.41) is 0. The number of nitrogens with zero attached hydrogens (tertiary/aromatic N) is 2. The number of thiophene rings is 1. The van der Waals surface area contributed by atoms with Crippen molar-refractivity contribution in [2.24, 2.45) is 0 Å². The molecule has 0 saturated carbocycles. The molecule has 3 heterocycles. The molecule has 0 atom stereocenters. The van der Waals surface area contributed by atoms with Crippen LogP contribution in [0.2, 0.25) is 0 Å². The minimum absolute atomic E-state index is 0.100. The summed E-state index contributed by atoms with van der Waals surface area (Å²) in [5.74, 6) is 0.150. The molecule has 3 aromatic heterocycles. The molecule has 3 nitrogen and oxygen atoms in total. The second-order valence-corrected chi connectivity index (χ2v) is 6.92. The molecule has 0 bridgehead atoms. The van der Waals surface area contributed by atoms with Crippen LogP contribution >= 0.6 is 11.3 Å². The monoisotopic (exact) mass is 289 g/mol. The zero-order valence-electron chi connectivity index (χ0n) is 11.6. The summed E-state index contributed by atoms with van der Waals surface area (Å²) >= 11 is 1.68. The lowest BCUT2D eigenvalue weighted by atomic mass is 9.95. The standard InChI is InChI=1S/C15H16FN3S/c1-15(2,3)11-6-5-10(20-11)13-14(17)19-8-9(16)4-7-12(19)18-13/h4-8H,17H2,1-3H3. The molecule has 0 radical (unpaired) electrons. The van der Waals surface area contributed by atoms with Gasteiger partial charge in [-0.25, -0.2) is 9.37 Å². The normalized spacial score (nSPS) is 12.2. The maximum Gasteiger partial charge on any atom is 0.140 e. The first-order valence-corrected chi connectivity index (χ1v) is 7.22. The molecule has 0 spiro atoms. The first kappa shape index (κ1) is 13.1. The van der Waals surface area contributed by atoms with Gasteiger partial charge in [-0.05, 0) is 29.7 Å². The fourth-order valence-electron chi connectivity index (χ4n) is 2.09. The van der Waals surface area contributed by atoms with Gasteiger partial charge >= 0.3 is 0 Å². The fraction of sp³-hybridized carbons (Fsp3) is 0.267. The number of fused-ring (bicyclic) bond motifs is 1. The summed E-state index contributed by atoms with van der Waals surface area (Å²) in [6.45, 7) is 6.51. The van der Waals surface area contributed by atoms with Crippen LogP contribution in [-0.2, 0) is 5.41 Å². The lowest BCUT2D eigenvalue weighted by Crippen LogP contribution is -2.07. The summed E-state index contributed by atoms with van der Waals surface area (Å²) in [4.78, 5) is 6.78. The molecule has 0 aliphatic rings. The third-order valence-corrected chi connectivity index (χ3v) is 4.72. The molecule has 20 heavy (non-hydrogen) atoms. The van der Waals surface area contributed by atoms with E-state index in [1.54, 1.807) is 21.8 Å². The van der Waals surface area contributed by atoms with E-state index in [-0.39, 0.29) is 11.2 Å². The first-order valence-electron chi connectivity index (χ1n) is 6.40. The van der Waals surface area contributed by atoms with E-state index >= 15 is 0 Å². The number of hydrogen-bond acceptors (Lipinski definition) is 3. The van der Waals surface area contributed by atoms with Crippen molar-refractivity contribution >= 4 is 22.8 Å². The van der Waals surface area contributed by atoms with E-state index in [1.165, 1.54) is 17.1 Å². The number of anilines is 1. The van der Waals surface area contributed by atoms with Crippen molar-refractivity contribution in [3.63, 3.8) is 0 Å². The lowest BCUT2D eigenvalue weighted by Gasteiger charge is -2.15. The molecule has 0 unspecified atom stereocenters. The number of imidazole rings is 1. The van der Waals surface area contributed by atoms with Gasteiger partial charge in [-0.3, -0.25) is 4.40 Å². The van der Waals surface area contributed by atoms with Gasteiger partial charge in [0.05, 0.1) is 4.88 Å². The van der Waals surface area contributed by atoms with E-state index < -0.39 is 0 Å². The zero-order valence-corrected chi connectivity index (χ0v) is 12.5. The van der Waals surface area contributed by atoms with Crippen molar-refractivity contribution in [1.29, 1.82) is 0 Å². The van der Waals surface area contributed by atoms with Gasteiger partial charge in [-0.2, -0.15) is 0 Å². The Labute approximate surface area is 120 Å². The van der Waals surface area contributed by atoms with E-state index in [9.17, 15) is 4.39 Å². The van der Waals surface area contributed by atoms with Crippen LogP contribution in [0.5, 0.6) is 0 Å². The fourth-order valence-corrected chi connectivity index (χ4v) is 3.15. The number of rotatable bonds is 1. The molecular weight excluding hydrogens is 273 g/mol. The van der Waals surface area contributed by atoms with Crippen molar-refractivity contribution in [2.45, 2.75) is 26.2 Å². The maximum absolute atomic E-state index is 13.3. The average molecular weight is 289 g/mol. The molecule has 0 amide bonds. The molecule has 0 aliphatic carbocycles. The number of nitrogen functional groups attached to an aromatic ring is 1. The van der Waals surface area contributed by atoms with Crippen LogP contribution in [0.25, 0.3) is 16.2 Å². The Bertz CT molecular complexity index is 780. The average Bonchev–Trinajstić information content (AvgIpc) is 2.95. The molecule has 0 saturated heterocycles. The van der Waals surface area contributed by atoms with Gasteiger partial charge in [0, 0.05) is 11.1 Å². The number of halogens is 1. The molecule has 0 fully saturated rings. The predicted octanol–water partition coefficient (Wildman–Crippen LogP) is 4.08. The van der Waals surface area contributed by atoms with Gasteiger partial charge in [0.25, 0.3) is 0 Å². The summed E-state index contributed by atoms with van der Waals surface area (Å²) in [7, 11) is 0. The first-order chi connectivity index (χ1) is 9.36. The summed E-state index contributed by atoms with van der Waals surface area (Å²) in [6.07, 6.45) is 1.36. The van der Waals surface area contributed by atoms with E-state index in [1.807, 2.05) is 6.07 Å². The minimum Gasteiger partial charge on any atom is -0.383 e. The third-order valence-electron chi connectivity index (χ3n) is 3.20. The van der Waals surface area contributed by atoms with Crippen LogP contribution < -0.4 is 5.73 Å². The van der Waals surface area contributed by atoms with Gasteiger partial charge in [0.2, 0.25) is 0 Å². The zero-order chi connectivity index (χ0) is 14.5. The van der Waals surface area contributed by atoms with E-state index in [0.717, 1.165) is 10.6 Å². The molecule has 104 valence electrons. The highest BCUT2D eigenvalue weighted by atomic mass is 32.1. The van der Waals surface area contributed by atoms with Crippen LogP contribution in [0.3, 0.4) is 0 Å². The molecule has 5 heteroatoms. The van der Waals surface area contributed by atoms with Gasteiger partial charge < -0.3 is 5.73 Å². The quantitative estimate of drug-likeness (QED) is 0.733. The van der Waals surface area contributed by atoms with Gasteiger partial charge in [-0.15, -0.1) is 11.3 Å². The molecule has 2 N–H and O–H groups in total. The third kappa shape index (κ3) is 2.08. The Morgan fingerprint density at radius 2 is 1.95 bits per heavy atom. The van der Waals surface area contributed by atoms with Crippen LogP contribution in [0, 0.1) is 5.82 Å². The van der Waals surface area contributed by atoms with Crippen molar-refractivity contribution in [3.8, 4) is 10.6 Å². The SMILES string of the molecule is CC(C)(C)c1ccc(-c2nc3ccc(F)cn3c2N)s1. The van der Waals surface area contributed by atoms with Crippen LogP contribution in [0.15, 0.2) is 30.5 Å². The van der Waals surface area contributed by atoms with Gasteiger partial charge in [-0.1, -0.05) is 20.8 Å². The van der Waals surface area contributed by atoms with Crippen molar-refractivity contribution < 1.29 is 4.39 Å². The van der Waals surface area contributed by atoms with Crippen molar-refractivity contribution in [1.82, 2.24) is 9.38 Å². The molecular formula is C15H16FN3S. The Kier molecular flexibility index (Phi) is 2.83. The van der Waals surface area contributed by atoms with Gasteiger partial charge in [0.1, 0.15) is 23.0 Å². The number of aromatic nitrogens is 2. The predicted molar refractivity (Wildman–Crippen MR) is 81.6 cm³/mol. The van der Waals surface area contributed by atoms with Crippen LogP contribution in [-0.4, -0.2) is 9.38 Å². The second kappa shape index (κ2) is 4.31. The minimum atomic E-state index is -0.324.